The summed E-state index contributed by atoms with van der Waals surface area (Å²) in [6, 6.07) is 8.91. The van der Waals surface area contributed by atoms with Gasteiger partial charge in [0.2, 0.25) is 5.95 Å². The van der Waals surface area contributed by atoms with Gasteiger partial charge in [-0.15, -0.1) is 5.10 Å². The molecule has 3 aromatic rings. The third kappa shape index (κ3) is 6.02. The molecule has 6 rings (SSSR count). The van der Waals surface area contributed by atoms with Gasteiger partial charge >= 0.3 is 0 Å². The summed E-state index contributed by atoms with van der Waals surface area (Å²) in [5.74, 6) is 1.50. The van der Waals surface area contributed by atoms with Crippen molar-refractivity contribution in [3.05, 3.63) is 34.6 Å². The molecule has 0 amide bonds. The summed E-state index contributed by atoms with van der Waals surface area (Å²) < 4.78 is 6.92. The monoisotopic (exact) mass is 575 g/mol. The molecule has 0 spiro atoms. The van der Waals surface area contributed by atoms with Crippen LogP contribution in [-0.4, -0.2) is 89.6 Å². The lowest BCUT2D eigenvalue weighted by Gasteiger charge is -2.41. The van der Waals surface area contributed by atoms with Crippen LogP contribution in [0.4, 0.5) is 23.1 Å². The van der Waals surface area contributed by atoms with E-state index in [2.05, 4.69) is 60.0 Å². The Morgan fingerprint density at radius 2 is 2.00 bits per heavy atom. The number of aromatic nitrogens is 4. The van der Waals surface area contributed by atoms with Gasteiger partial charge in [0.05, 0.1) is 40.8 Å². The number of nitrogens with zero attached hydrogens (tertiary/aromatic N) is 8. The molecule has 3 fully saturated rings. The van der Waals surface area contributed by atoms with Crippen LogP contribution in [0.1, 0.15) is 36.9 Å². The predicted molar refractivity (Wildman–Crippen MR) is 157 cm³/mol. The normalized spacial score (nSPS) is 20.0. The van der Waals surface area contributed by atoms with E-state index in [-0.39, 0.29) is 12.0 Å². The summed E-state index contributed by atoms with van der Waals surface area (Å²) in [6.07, 6.45) is 6.10. The van der Waals surface area contributed by atoms with Crippen molar-refractivity contribution < 1.29 is 4.74 Å². The van der Waals surface area contributed by atoms with Gasteiger partial charge in [-0.25, -0.2) is 4.98 Å². The third-order valence-corrected chi connectivity index (χ3v) is 8.49. The highest BCUT2D eigenvalue weighted by Crippen LogP contribution is 2.37. The van der Waals surface area contributed by atoms with Gasteiger partial charge in [-0.1, -0.05) is 11.6 Å². The van der Waals surface area contributed by atoms with Crippen LogP contribution in [0, 0.1) is 28.6 Å². The van der Waals surface area contributed by atoms with E-state index in [4.69, 9.17) is 16.3 Å². The minimum absolute atomic E-state index is 0.253. The number of hydrogen-bond acceptors (Lipinski definition) is 11. The summed E-state index contributed by atoms with van der Waals surface area (Å²) in [6.45, 7) is 3.98. The fraction of sp³-hybridized carbons (Fsp3) is 0.536. The lowest BCUT2D eigenvalue weighted by Crippen LogP contribution is -2.56. The van der Waals surface area contributed by atoms with Crippen molar-refractivity contribution >= 4 is 40.4 Å². The van der Waals surface area contributed by atoms with Gasteiger partial charge in [0.1, 0.15) is 6.07 Å². The maximum Gasteiger partial charge on any atom is 0.247 e. The summed E-state index contributed by atoms with van der Waals surface area (Å²) in [5.41, 5.74) is 2.59. The second kappa shape index (κ2) is 11.7. The van der Waals surface area contributed by atoms with Gasteiger partial charge in [0, 0.05) is 51.4 Å². The van der Waals surface area contributed by atoms with E-state index in [9.17, 15) is 10.5 Å². The largest absolute Gasteiger partial charge is 0.383 e. The smallest absolute Gasteiger partial charge is 0.247 e. The average molecular weight is 576 g/mol. The lowest BCUT2D eigenvalue weighted by molar-refractivity contribution is 0.145. The van der Waals surface area contributed by atoms with Crippen molar-refractivity contribution in [3.8, 4) is 12.1 Å². The van der Waals surface area contributed by atoms with Crippen LogP contribution < -0.4 is 20.9 Å². The second-order valence-electron chi connectivity index (χ2n) is 11.2. The summed E-state index contributed by atoms with van der Waals surface area (Å²) in [7, 11) is 3.91. The number of benzene rings is 1. The van der Waals surface area contributed by atoms with E-state index < -0.39 is 0 Å². The van der Waals surface area contributed by atoms with E-state index in [1.165, 1.54) is 23.6 Å². The zero-order valence-electron chi connectivity index (χ0n) is 23.3. The number of fused-ring (bicyclic) bond motifs is 1. The number of anilines is 4. The Kier molecular flexibility index (Phi) is 7.82. The number of nitriles is 2. The first-order valence-corrected chi connectivity index (χ1v) is 14.5. The standard InChI is InChI=1S/C28H34ClN11O/c1-38-7-8-39(15-21(38)14-32-23(16-41-2)18-3-4-18)24-10-17(11-30)9-22(25(24)29)35-28-36-26(34-19-5-6-19)27-33-13-20(12-31)40(27)37-28/h9-10,13,18-19,21,23,32H,3-8,14-16H2,1-2H3,(H2,34,35,36,37)/t21-,23-/m0/s1. The maximum absolute atomic E-state index is 9.86. The number of piperazine rings is 1. The highest BCUT2D eigenvalue weighted by atomic mass is 35.5. The van der Waals surface area contributed by atoms with Crippen molar-refractivity contribution in [1.29, 1.82) is 10.5 Å². The fourth-order valence-electron chi connectivity index (χ4n) is 5.36. The Hall–Kier alpha value is -3.68. The van der Waals surface area contributed by atoms with Gasteiger partial charge in [0.15, 0.2) is 17.2 Å². The Labute approximate surface area is 244 Å². The van der Waals surface area contributed by atoms with E-state index in [1.54, 1.807) is 13.2 Å². The Morgan fingerprint density at radius 1 is 1.17 bits per heavy atom. The summed E-state index contributed by atoms with van der Waals surface area (Å²) in [4.78, 5) is 13.6. The molecule has 13 heteroatoms. The molecule has 41 heavy (non-hydrogen) atoms. The number of ether oxygens (including phenoxy) is 1. The fourth-order valence-corrected chi connectivity index (χ4v) is 5.63. The second-order valence-corrected chi connectivity index (χ2v) is 11.6. The first-order valence-electron chi connectivity index (χ1n) is 14.1. The SMILES string of the molecule is COC[C@H](NC[C@H]1CN(c2cc(C#N)cc(Nc3nc(NC4CC4)c4ncc(C#N)n4n3)c2Cl)CCN1C)C1CC1. The first kappa shape index (κ1) is 27.5. The molecule has 0 unspecified atom stereocenters. The lowest BCUT2D eigenvalue weighted by atomic mass is 10.1. The van der Waals surface area contributed by atoms with Gasteiger partial charge in [-0.2, -0.15) is 20.0 Å². The molecule has 3 N–H and O–H groups in total. The van der Waals surface area contributed by atoms with Crippen molar-refractivity contribution in [3.63, 3.8) is 0 Å². The zero-order valence-corrected chi connectivity index (χ0v) is 24.0. The molecule has 214 valence electrons. The Balaban J connectivity index is 1.25. The quantitative estimate of drug-likeness (QED) is 0.310. The van der Waals surface area contributed by atoms with Gasteiger partial charge in [-0.3, -0.25) is 4.90 Å². The van der Waals surface area contributed by atoms with Gasteiger partial charge < -0.3 is 25.6 Å². The highest BCUT2D eigenvalue weighted by molar-refractivity contribution is 6.36. The number of nitrogens with one attached hydrogen (secondary N) is 3. The van der Waals surface area contributed by atoms with Crippen molar-refractivity contribution in [2.45, 2.75) is 43.8 Å². The zero-order chi connectivity index (χ0) is 28.5. The molecule has 0 bridgehead atoms. The molecule has 2 aliphatic carbocycles. The Bertz CT molecular complexity index is 1500. The minimum Gasteiger partial charge on any atom is -0.383 e. The maximum atomic E-state index is 9.86. The molecule has 2 saturated carbocycles. The molecule has 1 aromatic carbocycles. The molecule has 2 aromatic heterocycles. The van der Waals surface area contributed by atoms with Crippen LogP contribution in [0.5, 0.6) is 0 Å². The topological polar surface area (TPSA) is 142 Å². The molecule has 0 radical (unpaired) electrons. The van der Waals surface area contributed by atoms with E-state index in [0.29, 0.717) is 51.4 Å². The van der Waals surface area contributed by atoms with Crippen LogP contribution in [0.2, 0.25) is 5.02 Å². The number of methoxy groups -OCH3 is 1. The van der Waals surface area contributed by atoms with E-state index in [0.717, 1.165) is 51.3 Å². The van der Waals surface area contributed by atoms with Gasteiger partial charge in [0.25, 0.3) is 0 Å². The summed E-state index contributed by atoms with van der Waals surface area (Å²) in [5, 5.41) is 34.8. The van der Waals surface area contributed by atoms with Gasteiger partial charge in [-0.05, 0) is 50.8 Å². The summed E-state index contributed by atoms with van der Waals surface area (Å²) >= 11 is 7.01. The van der Waals surface area contributed by atoms with Crippen molar-refractivity contribution in [1.82, 2.24) is 29.8 Å². The minimum atomic E-state index is 0.253. The number of rotatable bonds is 11. The number of hydrogen-bond donors (Lipinski definition) is 3. The van der Waals surface area contributed by atoms with E-state index in [1.807, 2.05) is 6.07 Å². The molecule has 12 nitrogen and oxygen atoms in total. The van der Waals surface area contributed by atoms with Crippen LogP contribution >= 0.6 is 11.6 Å². The average Bonchev–Trinajstić information content (AvgIpc) is 3.92. The molecule has 3 aliphatic rings. The van der Waals surface area contributed by atoms with Crippen molar-refractivity contribution in [2.75, 3.05) is 62.5 Å². The van der Waals surface area contributed by atoms with Crippen LogP contribution in [-0.2, 0) is 4.74 Å². The molecule has 1 saturated heterocycles. The molecular formula is C28H34ClN11O. The molecule has 1 aliphatic heterocycles. The van der Waals surface area contributed by atoms with Crippen LogP contribution in [0.3, 0.4) is 0 Å². The number of halogens is 1. The van der Waals surface area contributed by atoms with Crippen molar-refractivity contribution in [2.24, 2.45) is 5.92 Å². The number of imidazole rings is 1. The third-order valence-electron chi connectivity index (χ3n) is 8.09. The number of likely N-dealkylation sites (N-methyl/N-ethyl adjacent to an activating group) is 1. The van der Waals surface area contributed by atoms with Crippen LogP contribution in [0.15, 0.2) is 18.3 Å². The molecule has 3 heterocycles. The van der Waals surface area contributed by atoms with E-state index >= 15 is 0 Å². The molecule has 2 atom stereocenters. The Morgan fingerprint density at radius 3 is 2.71 bits per heavy atom. The predicted octanol–water partition coefficient (Wildman–Crippen LogP) is 2.97. The highest BCUT2D eigenvalue weighted by Gasteiger charge is 2.33. The van der Waals surface area contributed by atoms with Crippen LogP contribution in [0.25, 0.3) is 5.65 Å². The molecular weight excluding hydrogens is 542 g/mol. The first-order chi connectivity index (χ1) is 20.0.